The van der Waals surface area contributed by atoms with Crippen molar-refractivity contribution < 1.29 is 0 Å². The van der Waals surface area contributed by atoms with Gasteiger partial charge >= 0.3 is 0 Å². The lowest BCUT2D eigenvalue weighted by molar-refractivity contribution is 0.284. The molecule has 1 fully saturated rings. The standard InChI is InChI=1S/C14H28/c1-7-10(3)13-11(4)12(13)9-14(5,6)8-2/h10-13H,7-9H2,1-6H3. The molecule has 1 rings (SSSR count). The third-order valence-corrected chi connectivity index (χ3v) is 4.68. The summed E-state index contributed by atoms with van der Waals surface area (Å²) in [5.74, 6) is 4.00. The van der Waals surface area contributed by atoms with Crippen LogP contribution in [0.1, 0.15) is 60.8 Å². The van der Waals surface area contributed by atoms with E-state index in [1.165, 1.54) is 19.3 Å². The molecular weight excluding hydrogens is 168 g/mol. The molecule has 1 aliphatic carbocycles. The summed E-state index contributed by atoms with van der Waals surface area (Å²) in [5.41, 5.74) is 0.571. The molecule has 0 aliphatic heterocycles. The second kappa shape index (κ2) is 4.24. The van der Waals surface area contributed by atoms with Gasteiger partial charge in [-0.3, -0.25) is 0 Å². The monoisotopic (exact) mass is 196 g/mol. The van der Waals surface area contributed by atoms with Gasteiger partial charge in [0.1, 0.15) is 0 Å². The van der Waals surface area contributed by atoms with Crippen LogP contribution in [0.25, 0.3) is 0 Å². The first-order valence-corrected chi connectivity index (χ1v) is 6.43. The summed E-state index contributed by atoms with van der Waals surface area (Å²) in [7, 11) is 0. The van der Waals surface area contributed by atoms with Gasteiger partial charge in [0, 0.05) is 0 Å². The molecule has 0 spiro atoms. The van der Waals surface area contributed by atoms with Gasteiger partial charge in [0.15, 0.2) is 0 Å². The fourth-order valence-corrected chi connectivity index (χ4v) is 2.90. The first kappa shape index (κ1) is 12.1. The van der Waals surface area contributed by atoms with Gasteiger partial charge in [-0.05, 0) is 35.5 Å². The maximum Gasteiger partial charge on any atom is -0.0329 e. The zero-order valence-corrected chi connectivity index (χ0v) is 10.9. The molecule has 0 aromatic rings. The van der Waals surface area contributed by atoms with Crippen LogP contribution in [0.4, 0.5) is 0 Å². The van der Waals surface area contributed by atoms with Crippen molar-refractivity contribution in [1.29, 1.82) is 0 Å². The van der Waals surface area contributed by atoms with Crippen LogP contribution in [0.2, 0.25) is 0 Å². The highest BCUT2D eigenvalue weighted by Crippen LogP contribution is 2.56. The molecule has 14 heavy (non-hydrogen) atoms. The molecule has 0 heteroatoms. The Balaban J connectivity index is 2.43. The molecule has 0 bridgehead atoms. The van der Waals surface area contributed by atoms with Gasteiger partial charge in [-0.1, -0.05) is 54.4 Å². The summed E-state index contributed by atoms with van der Waals surface area (Å²) in [5, 5.41) is 0. The van der Waals surface area contributed by atoms with E-state index in [9.17, 15) is 0 Å². The smallest absolute Gasteiger partial charge is 0.0329 e. The van der Waals surface area contributed by atoms with E-state index in [-0.39, 0.29) is 0 Å². The zero-order chi connectivity index (χ0) is 10.9. The largest absolute Gasteiger partial charge is 0.0651 e. The van der Waals surface area contributed by atoms with E-state index in [0.29, 0.717) is 5.41 Å². The molecular formula is C14H28. The van der Waals surface area contributed by atoms with Crippen LogP contribution in [0.5, 0.6) is 0 Å². The molecule has 0 heterocycles. The van der Waals surface area contributed by atoms with Gasteiger partial charge in [0.05, 0.1) is 0 Å². The highest BCUT2D eigenvalue weighted by molar-refractivity contribution is 4.98. The van der Waals surface area contributed by atoms with Crippen LogP contribution in [0.15, 0.2) is 0 Å². The van der Waals surface area contributed by atoms with Crippen molar-refractivity contribution in [3.8, 4) is 0 Å². The van der Waals surface area contributed by atoms with Crippen LogP contribution in [0, 0.1) is 29.1 Å². The molecule has 84 valence electrons. The van der Waals surface area contributed by atoms with Crippen molar-refractivity contribution in [1.82, 2.24) is 0 Å². The Morgan fingerprint density at radius 2 is 1.79 bits per heavy atom. The highest BCUT2D eigenvalue weighted by Gasteiger charge is 2.49. The average molecular weight is 196 g/mol. The third-order valence-electron chi connectivity index (χ3n) is 4.68. The summed E-state index contributed by atoms with van der Waals surface area (Å²) in [6, 6.07) is 0. The van der Waals surface area contributed by atoms with Crippen molar-refractivity contribution in [3.05, 3.63) is 0 Å². The molecule has 0 aromatic carbocycles. The van der Waals surface area contributed by atoms with Gasteiger partial charge in [0.25, 0.3) is 0 Å². The topological polar surface area (TPSA) is 0 Å². The molecule has 1 aliphatic rings. The van der Waals surface area contributed by atoms with Crippen LogP contribution in [0.3, 0.4) is 0 Å². The van der Waals surface area contributed by atoms with Gasteiger partial charge < -0.3 is 0 Å². The molecule has 4 atom stereocenters. The number of hydrogen-bond acceptors (Lipinski definition) is 0. The molecule has 1 saturated carbocycles. The van der Waals surface area contributed by atoms with E-state index < -0.39 is 0 Å². The SMILES string of the molecule is CCC(C)C1C(C)C1CC(C)(C)CC. The lowest BCUT2D eigenvalue weighted by Crippen LogP contribution is -2.11. The minimum Gasteiger partial charge on any atom is -0.0651 e. The van der Waals surface area contributed by atoms with Gasteiger partial charge in [-0.15, -0.1) is 0 Å². The van der Waals surface area contributed by atoms with E-state index in [1.54, 1.807) is 0 Å². The zero-order valence-electron chi connectivity index (χ0n) is 10.9. The van der Waals surface area contributed by atoms with E-state index in [4.69, 9.17) is 0 Å². The second-order valence-electron chi connectivity index (χ2n) is 6.21. The molecule has 0 saturated heterocycles. The summed E-state index contributed by atoms with van der Waals surface area (Å²) in [6.45, 7) is 14.4. The maximum absolute atomic E-state index is 2.45. The van der Waals surface area contributed by atoms with Gasteiger partial charge in [-0.25, -0.2) is 0 Å². The minimum absolute atomic E-state index is 0.571. The summed E-state index contributed by atoms with van der Waals surface area (Å²) in [4.78, 5) is 0. The fraction of sp³-hybridized carbons (Fsp3) is 1.00. The Kier molecular flexibility index (Phi) is 3.66. The Hall–Kier alpha value is 0. The summed E-state index contributed by atoms with van der Waals surface area (Å²) < 4.78 is 0. The average Bonchev–Trinajstić information content (AvgIpc) is 2.75. The van der Waals surface area contributed by atoms with Crippen LogP contribution in [-0.2, 0) is 0 Å². The highest BCUT2D eigenvalue weighted by atomic mass is 14.5. The fourth-order valence-electron chi connectivity index (χ4n) is 2.90. The predicted octanol–water partition coefficient (Wildman–Crippen LogP) is 4.74. The Bertz CT molecular complexity index is 180. The molecule has 4 unspecified atom stereocenters. The third kappa shape index (κ3) is 2.52. The number of rotatable bonds is 5. The van der Waals surface area contributed by atoms with Crippen molar-refractivity contribution >= 4 is 0 Å². The quantitative estimate of drug-likeness (QED) is 0.595. The van der Waals surface area contributed by atoms with Crippen LogP contribution < -0.4 is 0 Å². The minimum atomic E-state index is 0.571. The Labute approximate surface area is 90.5 Å². The second-order valence-corrected chi connectivity index (χ2v) is 6.21. The summed E-state index contributed by atoms with van der Waals surface area (Å²) >= 11 is 0. The van der Waals surface area contributed by atoms with Crippen molar-refractivity contribution in [2.45, 2.75) is 60.8 Å². The predicted molar refractivity (Wildman–Crippen MR) is 64.3 cm³/mol. The Morgan fingerprint density at radius 1 is 1.21 bits per heavy atom. The summed E-state index contributed by atoms with van der Waals surface area (Å²) in [6.07, 6.45) is 4.13. The molecule has 0 radical (unpaired) electrons. The van der Waals surface area contributed by atoms with Crippen molar-refractivity contribution in [3.63, 3.8) is 0 Å². The molecule has 0 nitrogen and oxygen atoms in total. The maximum atomic E-state index is 2.45. The molecule has 0 aromatic heterocycles. The van der Waals surface area contributed by atoms with Gasteiger partial charge in [-0.2, -0.15) is 0 Å². The first-order valence-electron chi connectivity index (χ1n) is 6.43. The lowest BCUT2D eigenvalue weighted by atomic mass is 9.83. The normalized spacial score (nSPS) is 34.3. The van der Waals surface area contributed by atoms with Gasteiger partial charge in [0.2, 0.25) is 0 Å². The van der Waals surface area contributed by atoms with E-state index in [0.717, 1.165) is 23.7 Å². The van der Waals surface area contributed by atoms with Crippen LogP contribution in [-0.4, -0.2) is 0 Å². The van der Waals surface area contributed by atoms with E-state index >= 15 is 0 Å². The molecule has 0 amide bonds. The number of hydrogen-bond donors (Lipinski definition) is 0. The van der Waals surface area contributed by atoms with Crippen LogP contribution >= 0.6 is 0 Å². The Morgan fingerprint density at radius 3 is 2.21 bits per heavy atom. The van der Waals surface area contributed by atoms with Crippen molar-refractivity contribution in [2.75, 3.05) is 0 Å². The van der Waals surface area contributed by atoms with E-state index in [2.05, 4.69) is 41.5 Å². The molecule has 0 N–H and O–H groups in total. The van der Waals surface area contributed by atoms with Crippen molar-refractivity contribution in [2.24, 2.45) is 29.1 Å². The van der Waals surface area contributed by atoms with E-state index in [1.807, 2.05) is 0 Å². The lowest BCUT2D eigenvalue weighted by Gasteiger charge is -2.23. The first-order chi connectivity index (χ1) is 6.43.